The van der Waals surface area contributed by atoms with E-state index in [9.17, 15) is 17.2 Å². The summed E-state index contributed by atoms with van der Waals surface area (Å²) in [6.07, 6.45) is 0. The van der Waals surface area contributed by atoms with Gasteiger partial charge in [0.1, 0.15) is 11.6 Å². The third-order valence-electron chi connectivity index (χ3n) is 2.69. The Labute approximate surface area is 130 Å². The van der Waals surface area contributed by atoms with Gasteiger partial charge in [0.25, 0.3) is 10.0 Å². The van der Waals surface area contributed by atoms with E-state index in [0.717, 1.165) is 24.3 Å². The fourth-order valence-electron chi connectivity index (χ4n) is 1.58. The molecule has 1 N–H and O–H groups in total. The maximum atomic E-state index is 13.3. The molecular formula is C13H9Cl2F2NO2S. The maximum Gasteiger partial charge on any atom is 0.261 e. The van der Waals surface area contributed by atoms with Crippen molar-refractivity contribution < 1.29 is 17.2 Å². The van der Waals surface area contributed by atoms with Gasteiger partial charge in [-0.1, -0.05) is 23.2 Å². The van der Waals surface area contributed by atoms with Crippen LogP contribution in [0.1, 0.15) is 5.56 Å². The first kappa shape index (κ1) is 16.0. The van der Waals surface area contributed by atoms with Crippen LogP contribution in [-0.2, 0) is 10.0 Å². The van der Waals surface area contributed by atoms with Gasteiger partial charge in [-0.05, 0) is 42.8 Å². The van der Waals surface area contributed by atoms with Gasteiger partial charge < -0.3 is 0 Å². The zero-order valence-corrected chi connectivity index (χ0v) is 13.0. The quantitative estimate of drug-likeness (QED) is 0.891. The Morgan fingerprint density at radius 3 is 2.29 bits per heavy atom. The first-order valence-corrected chi connectivity index (χ1v) is 7.88. The number of hydrogen-bond donors (Lipinski definition) is 1. The van der Waals surface area contributed by atoms with E-state index in [2.05, 4.69) is 4.72 Å². The SMILES string of the molecule is Cc1cc(NS(=O)(=O)c2ccc(F)c(Cl)c2)c(Cl)cc1F. The summed E-state index contributed by atoms with van der Waals surface area (Å²) < 4.78 is 52.9. The van der Waals surface area contributed by atoms with Crippen LogP contribution in [0, 0.1) is 18.6 Å². The van der Waals surface area contributed by atoms with Crippen molar-refractivity contribution in [1.29, 1.82) is 0 Å². The number of aryl methyl sites for hydroxylation is 1. The fourth-order valence-corrected chi connectivity index (χ4v) is 3.18. The molecule has 2 aromatic carbocycles. The summed E-state index contributed by atoms with van der Waals surface area (Å²) in [6, 6.07) is 5.25. The van der Waals surface area contributed by atoms with Crippen LogP contribution < -0.4 is 4.72 Å². The van der Waals surface area contributed by atoms with Gasteiger partial charge in [0, 0.05) is 0 Å². The lowest BCUT2D eigenvalue weighted by Gasteiger charge is -2.11. The van der Waals surface area contributed by atoms with E-state index in [-0.39, 0.29) is 26.2 Å². The molecule has 0 aliphatic carbocycles. The molecule has 0 atom stereocenters. The van der Waals surface area contributed by atoms with Gasteiger partial charge in [0.15, 0.2) is 0 Å². The van der Waals surface area contributed by atoms with Gasteiger partial charge in [-0.15, -0.1) is 0 Å². The van der Waals surface area contributed by atoms with Crippen molar-refractivity contribution in [2.75, 3.05) is 4.72 Å². The first-order valence-electron chi connectivity index (χ1n) is 5.64. The number of sulfonamides is 1. The molecule has 0 amide bonds. The second kappa shape index (κ2) is 5.79. The third kappa shape index (κ3) is 3.45. The first-order chi connectivity index (χ1) is 9.70. The van der Waals surface area contributed by atoms with E-state index >= 15 is 0 Å². The molecule has 21 heavy (non-hydrogen) atoms. The summed E-state index contributed by atoms with van der Waals surface area (Å²) in [4.78, 5) is -0.230. The smallest absolute Gasteiger partial charge is 0.261 e. The predicted molar refractivity (Wildman–Crippen MR) is 78.4 cm³/mol. The monoisotopic (exact) mass is 351 g/mol. The number of anilines is 1. The molecule has 0 fully saturated rings. The fraction of sp³-hybridized carbons (Fsp3) is 0.0769. The maximum absolute atomic E-state index is 13.3. The van der Waals surface area contributed by atoms with Crippen LogP contribution in [0.5, 0.6) is 0 Å². The molecule has 0 bridgehead atoms. The predicted octanol–water partition coefficient (Wildman–Crippen LogP) is 4.38. The van der Waals surface area contributed by atoms with E-state index in [1.165, 1.54) is 13.0 Å². The minimum absolute atomic E-state index is 0.0241. The Balaban J connectivity index is 2.42. The minimum atomic E-state index is -4.01. The van der Waals surface area contributed by atoms with Gasteiger partial charge in [0.05, 0.1) is 20.6 Å². The van der Waals surface area contributed by atoms with E-state index in [4.69, 9.17) is 23.2 Å². The average Bonchev–Trinajstić information content (AvgIpc) is 2.39. The molecule has 0 aliphatic heterocycles. The molecule has 0 radical (unpaired) electrons. The standard InChI is InChI=1S/C13H9Cl2F2NO2S/c1-7-4-13(10(15)6-12(7)17)18-21(19,20)8-2-3-11(16)9(14)5-8/h2-6,18H,1H3. The summed E-state index contributed by atoms with van der Waals surface area (Å²) >= 11 is 11.4. The highest BCUT2D eigenvalue weighted by molar-refractivity contribution is 7.92. The molecule has 0 spiro atoms. The molecule has 0 aromatic heterocycles. The molecule has 0 saturated carbocycles. The van der Waals surface area contributed by atoms with E-state index < -0.39 is 21.7 Å². The Morgan fingerprint density at radius 1 is 1.00 bits per heavy atom. The van der Waals surface area contributed by atoms with Crippen molar-refractivity contribution in [3.63, 3.8) is 0 Å². The summed E-state index contributed by atoms with van der Waals surface area (Å²) in [5.74, 6) is -1.28. The van der Waals surface area contributed by atoms with Crippen LogP contribution in [0.2, 0.25) is 10.0 Å². The molecule has 112 valence electrons. The van der Waals surface area contributed by atoms with E-state index in [1.807, 2.05) is 0 Å². The number of hydrogen-bond acceptors (Lipinski definition) is 2. The van der Waals surface area contributed by atoms with E-state index in [0.29, 0.717) is 0 Å². The lowest BCUT2D eigenvalue weighted by Crippen LogP contribution is -2.13. The van der Waals surface area contributed by atoms with Gasteiger partial charge in [-0.3, -0.25) is 4.72 Å². The highest BCUT2D eigenvalue weighted by Gasteiger charge is 2.18. The molecule has 8 heteroatoms. The lowest BCUT2D eigenvalue weighted by atomic mass is 10.2. The molecule has 3 nitrogen and oxygen atoms in total. The van der Waals surface area contributed by atoms with Gasteiger partial charge in [-0.2, -0.15) is 0 Å². The molecule has 0 heterocycles. The highest BCUT2D eigenvalue weighted by Crippen LogP contribution is 2.28. The number of rotatable bonds is 3. The third-order valence-corrected chi connectivity index (χ3v) is 4.66. The van der Waals surface area contributed by atoms with Crippen LogP contribution in [-0.4, -0.2) is 8.42 Å². The zero-order chi connectivity index (χ0) is 15.8. The summed E-state index contributed by atoms with van der Waals surface area (Å²) in [5.41, 5.74) is 0.255. The number of benzene rings is 2. The molecule has 0 saturated heterocycles. The van der Waals surface area contributed by atoms with E-state index in [1.54, 1.807) is 0 Å². The second-order valence-corrected chi connectivity index (χ2v) is 6.76. The lowest BCUT2D eigenvalue weighted by molar-refractivity contribution is 0.599. The van der Waals surface area contributed by atoms with Crippen LogP contribution >= 0.6 is 23.2 Å². The van der Waals surface area contributed by atoms with Gasteiger partial charge in [0.2, 0.25) is 0 Å². The minimum Gasteiger partial charge on any atom is -0.278 e. The largest absolute Gasteiger partial charge is 0.278 e. The van der Waals surface area contributed by atoms with Crippen LogP contribution in [0.25, 0.3) is 0 Å². The van der Waals surface area contributed by atoms with Crippen molar-refractivity contribution in [2.45, 2.75) is 11.8 Å². The average molecular weight is 352 g/mol. The van der Waals surface area contributed by atoms with Crippen molar-refractivity contribution in [2.24, 2.45) is 0 Å². The van der Waals surface area contributed by atoms with Crippen LogP contribution in [0.4, 0.5) is 14.5 Å². The van der Waals surface area contributed by atoms with Crippen molar-refractivity contribution in [3.05, 3.63) is 57.6 Å². The Morgan fingerprint density at radius 2 is 1.67 bits per heavy atom. The molecular weight excluding hydrogens is 343 g/mol. The van der Waals surface area contributed by atoms with Crippen molar-refractivity contribution >= 4 is 38.9 Å². The summed E-state index contributed by atoms with van der Waals surface area (Å²) in [7, 11) is -4.01. The molecule has 0 unspecified atom stereocenters. The Bertz CT molecular complexity index is 810. The van der Waals surface area contributed by atoms with Gasteiger partial charge >= 0.3 is 0 Å². The second-order valence-electron chi connectivity index (χ2n) is 4.26. The highest BCUT2D eigenvalue weighted by atomic mass is 35.5. The Hall–Kier alpha value is -1.37. The zero-order valence-electron chi connectivity index (χ0n) is 10.6. The number of halogens is 4. The molecule has 2 rings (SSSR count). The van der Waals surface area contributed by atoms with Crippen LogP contribution in [0.15, 0.2) is 35.2 Å². The van der Waals surface area contributed by atoms with Crippen LogP contribution in [0.3, 0.4) is 0 Å². The summed E-state index contributed by atoms with van der Waals surface area (Å²) in [5, 5.41) is -0.408. The number of nitrogens with one attached hydrogen (secondary N) is 1. The normalized spacial score (nSPS) is 11.5. The van der Waals surface area contributed by atoms with Gasteiger partial charge in [-0.25, -0.2) is 17.2 Å². The summed E-state index contributed by atoms with van der Waals surface area (Å²) in [6.45, 7) is 1.47. The van der Waals surface area contributed by atoms with Crippen molar-refractivity contribution in [1.82, 2.24) is 0 Å². The Kier molecular flexibility index (Phi) is 4.41. The topological polar surface area (TPSA) is 46.2 Å². The molecule has 2 aromatic rings. The molecule has 0 aliphatic rings. The van der Waals surface area contributed by atoms with Crippen molar-refractivity contribution in [3.8, 4) is 0 Å².